The zero-order chi connectivity index (χ0) is 16.6. The Bertz CT molecular complexity index is 649. The smallest absolute Gasteiger partial charge is 0.312 e. The summed E-state index contributed by atoms with van der Waals surface area (Å²) in [6.45, 7) is 1.86. The molecule has 0 fully saturated rings. The summed E-state index contributed by atoms with van der Waals surface area (Å²) < 4.78 is 5.00. The topological polar surface area (TPSA) is 63.6 Å². The van der Waals surface area contributed by atoms with E-state index in [1.807, 2.05) is 6.92 Å². The van der Waals surface area contributed by atoms with Crippen LogP contribution in [0, 0.1) is 5.41 Å². The van der Waals surface area contributed by atoms with Crippen molar-refractivity contribution in [2.45, 2.75) is 57.8 Å². The van der Waals surface area contributed by atoms with Gasteiger partial charge in [-0.1, -0.05) is 12.1 Å². The van der Waals surface area contributed by atoms with E-state index >= 15 is 0 Å². The van der Waals surface area contributed by atoms with E-state index in [4.69, 9.17) is 4.74 Å². The van der Waals surface area contributed by atoms with E-state index in [1.165, 1.54) is 36.6 Å². The molecular weight excluding hydrogens is 292 g/mol. The maximum absolute atomic E-state index is 12.4. The number of fused-ring (bicyclic) bond motifs is 3. The van der Waals surface area contributed by atoms with Crippen LogP contribution in [0.1, 0.15) is 60.8 Å². The Kier molecular flexibility index (Phi) is 4.17. The molecule has 3 rings (SSSR count). The minimum absolute atomic E-state index is 0.0304. The lowest BCUT2D eigenvalue weighted by atomic mass is 9.62. The molecule has 0 saturated heterocycles. The normalized spacial score (nSPS) is 26.1. The van der Waals surface area contributed by atoms with E-state index in [0.29, 0.717) is 6.42 Å². The van der Waals surface area contributed by atoms with Gasteiger partial charge in [-0.2, -0.15) is 0 Å². The van der Waals surface area contributed by atoms with Crippen molar-refractivity contribution in [3.8, 4) is 0 Å². The number of carboxylic acid groups (broad SMARTS) is 1. The van der Waals surface area contributed by atoms with Gasteiger partial charge in [0.15, 0.2) is 0 Å². The van der Waals surface area contributed by atoms with Gasteiger partial charge in [-0.05, 0) is 67.7 Å². The second-order valence-corrected chi connectivity index (χ2v) is 7.04. The Morgan fingerprint density at radius 2 is 1.96 bits per heavy atom. The molecule has 0 saturated carbocycles. The van der Waals surface area contributed by atoms with Crippen molar-refractivity contribution in [2.24, 2.45) is 5.41 Å². The molecule has 23 heavy (non-hydrogen) atoms. The van der Waals surface area contributed by atoms with Crippen LogP contribution in [0.5, 0.6) is 0 Å². The number of methoxy groups -OCH3 is 1. The quantitative estimate of drug-likeness (QED) is 0.870. The van der Waals surface area contributed by atoms with Crippen LogP contribution in [0.2, 0.25) is 0 Å². The van der Waals surface area contributed by atoms with Gasteiger partial charge < -0.3 is 9.84 Å². The zero-order valence-corrected chi connectivity index (χ0v) is 13.9. The third-order valence-corrected chi connectivity index (χ3v) is 5.76. The number of aliphatic carboxylic acids is 1. The van der Waals surface area contributed by atoms with E-state index in [-0.39, 0.29) is 18.3 Å². The van der Waals surface area contributed by atoms with Crippen molar-refractivity contribution < 1.29 is 19.4 Å². The summed E-state index contributed by atoms with van der Waals surface area (Å²) >= 11 is 0. The second-order valence-electron chi connectivity index (χ2n) is 7.04. The fraction of sp³-hybridized carbons (Fsp3) is 0.579. The second kappa shape index (κ2) is 5.99. The minimum Gasteiger partial charge on any atom is -0.481 e. The summed E-state index contributed by atoms with van der Waals surface area (Å²) in [4.78, 5) is 23.8. The van der Waals surface area contributed by atoms with Gasteiger partial charge in [-0.25, -0.2) is 0 Å². The molecule has 2 aliphatic rings. The molecular formula is C19H24O4. The zero-order valence-electron chi connectivity index (χ0n) is 13.9. The molecule has 1 aromatic rings. The molecule has 0 aliphatic heterocycles. The summed E-state index contributed by atoms with van der Waals surface area (Å²) in [5.74, 6) is -1.48. The van der Waals surface area contributed by atoms with Gasteiger partial charge >= 0.3 is 11.9 Å². The van der Waals surface area contributed by atoms with Gasteiger partial charge in [0.05, 0.1) is 18.9 Å². The van der Waals surface area contributed by atoms with Crippen molar-refractivity contribution in [1.29, 1.82) is 0 Å². The van der Waals surface area contributed by atoms with Crippen LogP contribution >= 0.6 is 0 Å². The molecule has 4 nitrogen and oxygen atoms in total. The SMILES string of the molecule is COC(=O)C1(C)CCc2c(ccc3c2CCCC3)C1CC(=O)O. The Balaban J connectivity index is 2.10. The summed E-state index contributed by atoms with van der Waals surface area (Å²) in [5, 5.41) is 9.36. The largest absolute Gasteiger partial charge is 0.481 e. The van der Waals surface area contributed by atoms with Crippen molar-refractivity contribution in [1.82, 2.24) is 0 Å². The van der Waals surface area contributed by atoms with E-state index < -0.39 is 11.4 Å². The molecule has 1 aromatic carbocycles. The number of hydrogen-bond acceptors (Lipinski definition) is 3. The first-order valence-electron chi connectivity index (χ1n) is 8.41. The predicted molar refractivity (Wildman–Crippen MR) is 86.5 cm³/mol. The Hall–Kier alpha value is -1.84. The molecule has 0 radical (unpaired) electrons. The maximum atomic E-state index is 12.4. The van der Waals surface area contributed by atoms with E-state index in [9.17, 15) is 14.7 Å². The summed E-state index contributed by atoms with van der Waals surface area (Å²) in [7, 11) is 1.38. The predicted octanol–water partition coefficient (Wildman–Crippen LogP) is 3.25. The number of hydrogen-bond donors (Lipinski definition) is 1. The molecule has 2 unspecified atom stereocenters. The third-order valence-electron chi connectivity index (χ3n) is 5.76. The fourth-order valence-electron chi connectivity index (χ4n) is 4.43. The first-order chi connectivity index (χ1) is 11.0. The first-order valence-corrected chi connectivity index (χ1v) is 8.41. The Labute approximate surface area is 136 Å². The van der Waals surface area contributed by atoms with E-state index in [1.54, 1.807) is 0 Å². The highest BCUT2D eigenvalue weighted by atomic mass is 16.5. The lowest BCUT2D eigenvalue weighted by Gasteiger charge is -2.41. The van der Waals surface area contributed by atoms with Gasteiger partial charge in [-0.15, -0.1) is 0 Å². The van der Waals surface area contributed by atoms with Gasteiger partial charge in [0.1, 0.15) is 0 Å². The number of rotatable bonds is 3. The van der Waals surface area contributed by atoms with Gasteiger partial charge in [-0.3, -0.25) is 9.59 Å². The molecule has 0 bridgehead atoms. The van der Waals surface area contributed by atoms with Crippen molar-refractivity contribution in [3.05, 3.63) is 34.4 Å². The van der Waals surface area contributed by atoms with Crippen LogP contribution in [-0.4, -0.2) is 24.2 Å². The van der Waals surface area contributed by atoms with Crippen LogP contribution in [0.3, 0.4) is 0 Å². The highest BCUT2D eigenvalue weighted by Gasteiger charge is 2.47. The number of carbonyl (C=O) groups excluding carboxylic acids is 1. The maximum Gasteiger partial charge on any atom is 0.312 e. The highest BCUT2D eigenvalue weighted by molar-refractivity contribution is 5.80. The molecule has 0 spiro atoms. The number of carbonyl (C=O) groups is 2. The van der Waals surface area contributed by atoms with Gasteiger partial charge in [0.25, 0.3) is 0 Å². The highest BCUT2D eigenvalue weighted by Crippen LogP contribution is 2.49. The summed E-state index contributed by atoms with van der Waals surface area (Å²) in [6.07, 6.45) is 6.07. The molecule has 4 heteroatoms. The monoisotopic (exact) mass is 316 g/mol. The number of carboxylic acids is 1. The number of aryl methyl sites for hydroxylation is 1. The van der Waals surface area contributed by atoms with Crippen LogP contribution in [-0.2, 0) is 33.6 Å². The molecule has 1 N–H and O–H groups in total. The van der Waals surface area contributed by atoms with Crippen LogP contribution < -0.4 is 0 Å². The molecule has 0 heterocycles. The first kappa shape index (κ1) is 16.0. The lowest BCUT2D eigenvalue weighted by Crippen LogP contribution is -2.40. The van der Waals surface area contributed by atoms with Crippen molar-refractivity contribution in [2.75, 3.05) is 7.11 Å². The summed E-state index contributed by atoms with van der Waals surface area (Å²) in [5.41, 5.74) is 4.41. The van der Waals surface area contributed by atoms with Gasteiger partial charge in [0.2, 0.25) is 0 Å². The fourth-order valence-corrected chi connectivity index (χ4v) is 4.43. The average Bonchev–Trinajstić information content (AvgIpc) is 2.56. The van der Waals surface area contributed by atoms with Crippen LogP contribution in [0.15, 0.2) is 12.1 Å². The van der Waals surface area contributed by atoms with Crippen molar-refractivity contribution in [3.63, 3.8) is 0 Å². The number of benzene rings is 1. The molecule has 2 atom stereocenters. The van der Waals surface area contributed by atoms with E-state index in [2.05, 4.69) is 12.1 Å². The average molecular weight is 316 g/mol. The van der Waals surface area contributed by atoms with Gasteiger partial charge in [0, 0.05) is 5.92 Å². The molecule has 0 amide bonds. The molecule has 124 valence electrons. The van der Waals surface area contributed by atoms with Crippen LogP contribution in [0.25, 0.3) is 0 Å². The lowest BCUT2D eigenvalue weighted by molar-refractivity contribution is -0.155. The number of esters is 1. The Morgan fingerprint density at radius 3 is 2.65 bits per heavy atom. The summed E-state index contributed by atoms with van der Waals surface area (Å²) in [6, 6.07) is 4.21. The Morgan fingerprint density at radius 1 is 1.22 bits per heavy atom. The molecule has 2 aliphatic carbocycles. The van der Waals surface area contributed by atoms with Crippen LogP contribution in [0.4, 0.5) is 0 Å². The van der Waals surface area contributed by atoms with Crippen molar-refractivity contribution >= 4 is 11.9 Å². The number of ether oxygens (including phenoxy) is 1. The standard InChI is InChI=1S/C19H24O4/c1-19(18(22)23-2)10-9-14-13-6-4-3-5-12(13)7-8-15(14)16(19)11-17(20)21/h7-8,16H,3-6,9-11H2,1-2H3,(H,20,21). The van der Waals surface area contributed by atoms with E-state index in [0.717, 1.165) is 24.8 Å². The minimum atomic E-state index is -0.865. The third kappa shape index (κ3) is 2.64. The molecule has 0 aromatic heterocycles.